The first kappa shape index (κ1) is 18.8. The van der Waals surface area contributed by atoms with Crippen molar-refractivity contribution in [3.8, 4) is 11.8 Å². The number of nitriles is 1. The van der Waals surface area contributed by atoms with E-state index in [1.165, 1.54) is 0 Å². The predicted octanol–water partition coefficient (Wildman–Crippen LogP) is 4.64. The van der Waals surface area contributed by atoms with Crippen molar-refractivity contribution < 1.29 is 9.53 Å². The van der Waals surface area contributed by atoms with Crippen LogP contribution in [-0.2, 0) is 17.8 Å². The van der Waals surface area contributed by atoms with Crippen LogP contribution in [0.4, 0.5) is 0 Å². The molecule has 0 aliphatic carbocycles. The van der Waals surface area contributed by atoms with Gasteiger partial charge in [-0.05, 0) is 41.0 Å². The van der Waals surface area contributed by atoms with Gasteiger partial charge in [0.1, 0.15) is 18.8 Å². The quantitative estimate of drug-likeness (QED) is 0.651. The van der Waals surface area contributed by atoms with E-state index in [0.717, 1.165) is 27.6 Å². The van der Waals surface area contributed by atoms with Crippen LogP contribution < -0.4 is 10.1 Å². The Morgan fingerprint density at radius 2 is 1.96 bits per heavy atom. The molecule has 0 heterocycles. The minimum Gasteiger partial charge on any atom is -0.489 e. The zero-order valence-corrected chi connectivity index (χ0v) is 15.5. The van der Waals surface area contributed by atoms with Crippen molar-refractivity contribution in [2.24, 2.45) is 0 Å². The van der Waals surface area contributed by atoms with Crippen LogP contribution in [0.15, 0.2) is 60.7 Å². The molecule has 0 aliphatic heterocycles. The van der Waals surface area contributed by atoms with E-state index in [9.17, 15) is 4.79 Å². The fourth-order valence-electron chi connectivity index (χ4n) is 2.96. The van der Waals surface area contributed by atoms with Gasteiger partial charge in [0.05, 0.1) is 6.07 Å². The number of carbonyl (C=O) groups excluding carboxylic acids is 1. The van der Waals surface area contributed by atoms with E-state index in [0.29, 0.717) is 24.6 Å². The van der Waals surface area contributed by atoms with Crippen LogP contribution in [0.3, 0.4) is 0 Å². The van der Waals surface area contributed by atoms with Crippen LogP contribution in [0.2, 0.25) is 5.02 Å². The van der Waals surface area contributed by atoms with E-state index in [-0.39, 0.29) is 12.3 Å². The molecule has 0 aliphatic rings. The molecule has 5 heteroatoms. The van der Waals surface area contributed by atoms with Gasteiger partial charge in [-0.25, -0.2) is 0 Å². The maximum atomic E-state index is 11.5. The Balaban J connectivity index is 1.80. The highest BCUT2D eigenvalue weighted by Crippen LogP contribution is 2.29. The average Bonchev–Trinajstić information content (AvgIpc) is 2.67. The lowest BCUT2D eigenvalue weighted by molar-refractivity contribution is -0.120. The van der Waals surface area contributed by atoms with E-state index >= 15 is 0 Å². The summed E-state index contributed by atoms with van der Waals surface area (Å²) in [6.45, 7) is 0.856. The molecule has 1 N–H and O–H groups in total. The van der Waals surface area contributed by atoms with Crippen molar-refractivity contribution in [1.82, 2.24) is 5.32 Å². The second kappa shape index (κ2) is 9.07. The number of benzene rings is 3. The molecule has 4 nitrogen and oxygen atoms in total. The van der Waals surface area contributed by atoms with E-state index in [2.05, 4.69) is 5.32 Å². The maximum Gasteiger partial charge on any atom is 0.234 e. The Bertz CT molecular complexity index is 995. The van der Waals surface area contributed by atoms with Gasteiger partial charge in [0.2, 0.25) is 5.91 Å². The summed E-state index contributed by atoms with van der Waals surface area (Å²) in [5, 5.41) is 14.3. The van der Waals surface area contributed by atoms with Gasteiger partial charge in [0.25, 0.3) is 0 Å². The topological polar surface area (TPSA) is 62.1 Å². The number of ether oxygens (including phenoxy) is 1. The third-order valence-electron chi connectivity index (χ3n) is 4.22. The smallest absolute Gasteiger partial charge is 0.234 e. The van der Waals surface area contributed by atoms with Gasteiger partial charge in [-0.3, -0.25) is 4.79 Å². The number of nitrogens with zero attached hydrogens (tertiary/aromatic N) is 1. The Labute approximate surface area is 163 Å². The average molecular weight is 379 g/mol. The predicted molar refractivity (Wildman–Crippen MR) is 107 cm³/mol. The molecule has 0 radical (unpaired) electrons. The minimum absolute atomic E-state index is 0.131. The van der Waals surface area contributed by atoms with Crippen molar-refractivity contribution in [2.75, 3.05) is 6.54 Å². The number of rotatable bonds is 7. The fourth-order valence-corrected chi connectivity index (χ4v) is 3.17. The highest BCUT2D eigenvalue weighted by Gasteiger charge is 2.10. The third-order valence-corrected chi connectivity index (χ3v) is 4.45. The molecule has 3 aromatic rings. The summed E-state index contributed by atoms with van der Waals surface area (Å²) >= 11 is 6.04. The molecule has 1 amide bonds. The van der Waals surface area contributed by atoms with Crippen LogP contribution in [0.25, 0.3) is 10.8 Å². The number of amides is 1. The SMILES string of the molecule is N#CCC(=O)NCCc1c(OCc2cccc(Cl)c2)ccc2ccccc12. The van der Waals surface area contributed by atoms with Gasteiger partial charge < -0.3 is 10.1 Å². The summed E-state index contributed by atoms with van der Waals surface area (Å²) in [6, 6.07) is 21.5. The normalized spacial score (nSPS) is 10.4. The largest absolute Gasteiger partial charge is 0.489 e. The maximum absolute atomic E-state index is 11.5. The van der Waals surface area contributed by atoms with Crippen LogP contribution in [0.5, 0.6) is 5.75 Å². The van der Waals surface area contributed by atoms with Crippen LogP contribution >= 0.6 is 11.6 Å². The summed E-state index contributed by atoms with van der Waals surface area (Å²) < 4.78 is 6.07. The lowest BCUT2D eigenvalue weighted by atomic mass is 10.0. The second-order valence-electron chi connectivity index (χ2n) is 6.12. The second-order valence-corrected chi connectivity index (χ2v) is 6.55. The molecule has 0 fully saturated rings. The number of nitrogens with one attached hydrogen (secondary N) is 1. The first-order valence-electron chi connectivity index (χ1n) is 8.69. The molecule has 27 heavy (non-hydrogen) atoms. The molecule has 0 aromatic heterocycles. The standard InChI is InChI=1S/C22H19ClN2O2/c23-18-6-3-4-16(14-18)15-27-21-9-8-17-5-1-2-7-19(17)20(21)11-13-25-22(26)10-12-24/h1-9,14H,10-11,13,15H2,(H,25,26). The number of halogens is 1. The zero-order chi connectivity index (χ0) is 19.1. The minimum atomic E-state index is -0.265. The van der Waals surface area contributed by atoms with Gasteiger partial charge in [-0.1, -0.05) is 54.1 Å². The van der Waals surface area contributed by atoms with E-state index in [4.69, 9.17) is 21.6 Å². The highest BCUT2D eigenvalue weighted by molar-refractivity contribution is 6.30. The lowest BCUT2D eigenvalue weighted by Crippen LogP contribution is -2.25. The molecule has 0 atom stereocenters. The Morgan fingerprint density at radius 3 is 2.78 bits per heavy atom. The van der Waals surface area contributed by atoms with Crippen molar-refractivity contribution in [3.63, 3.8) is 0 Å². The van der Waals surface area contributed by atoms with Crippen LogP contribution in [-0.4, -0.2) is 12.5 Å². The summed E-state index contributed by atoms with van der Waals surface area (Å²) in [5.74, 6) is 0.516. The summed E-state index contributed by atoms with van der Waals surface area (Å²) in [7, 11) is 0. The van der Waals surface area contributed by atoms with Gasteiger partial charge in [-0.15, -0.1) is 0 Å². The molecule has 0 bridgehead atoms. The molecule has 0 spiro atoms. The zero-order valence-electron chi connectivity index (χ0n) is 14.7. The van der Waals surface area contributed by atoms with Crippen molar-refractivity contribution >= 4 is 28.3 Å². The number of carbonyl (C=O) groups is 1. The molecule has 3 rings (SSSR count). The van der Waals surface area contributed by atoms with Gasteiger partial charge in [0.15, 0.2) is 0 Å². The number of hydrogen-bond acceptors (Lipinski definition) is 3. The third kappa shape index (κ3) is 4.99. The van der Waals surface area contributed by atoms with E-state index in [1.54, 1.807) is 0 Å². The summed E-state index contributed by atoms with van der Waals surface area (Å²) in [5.41, 5.74) is 2.02. The number of fused-ring (bicyclic) bond motifs is 1. The summed E-state index contributed by atoms with van der Waals surface area (Å²) in [4.78, 5) is 11.5. The van der Waals surface area contributed by atoms with Gasteiger partial charge in [-0.2, -0.15) is 5.26 Å². The molecular weight excluding hydrogens is 360 g/mol. The Morgan fingerprint density at radius 1 is 1.11 bits per heavy atom. The molecule has 0 saturated carbocycles. The van der Waals surface area contributed by atoms with Crippen LogP contribution in [0.1, 0.15) is 17.5 Å². The molecule has 3 aromatic carbocycles. The first-order chi connectivity index (χ1) is 13.2. The van der Waals surface area contributed by atoms with Crippen molar-refractivity contribution in [1.29, 1.82) is 5.26 Å². The molecule has 136 valence electrons. The molecular formula is C22H19ClN2O2. The summed E-state index contributed by atoms with van der Waals surface area (Å²) in [6.07, 6.45) is 0.483. The Hall–Kier alpha value is -3.03. The van der Waals surface area contributed by atoms with E-state index in [1.807, 2.05) is 66.7 Å². The fraction of sp³-hybridized carbons (Fsp3) is 0.182. The van der Waals surface area contributed by atoms with Crippen molar-refractivity contribution in [2.45, 2.75) is 19.4 Å². The highest BCUT2D eigenvalue weighted by atomic mass is 35.5. The first-order valence-corrected chi connectivity index (χ1v) is 9.06. The lowest BCUT2D eigenvalue weighted by Gasteiger charge is -2.15. The van der Waals surface area contributed by atoms with Crippen LogP contribution in [0, 0.1) is 11.3 Å². The monoisotopic (exact) mass is 378 g/mol. The van der Waals surface area contributed by atoms with E-state index < -0.39 is 0 Å². The Kier molecular flexibility index (Phi) is 6.30. The molecule has 0 saturated heterocycles. The van der Waals surface area contributed by atoms with Gasteiger partial charge in [0, 0.05) is 17.1 Å². The molecule has 0 unspecified atom stereocenters. The number of hydrogen-bond donors (Lipinski definition) is 1. The van der Waals surface area contributed by atoms with Gasteiger partial charge >= 0.3 is 0 Å². The van der Waals surface area contributed by atoms with Crippen molar-refractivity contribution in [3.05, 3.63) is 76.8 Å².